The fourth-order valence-corrected chi connectivity index (χ4v) is 4.01. The molecule has 0 unspecified atom stereocenters. The van der Waals surface area contributed by atoms with Crippen molar-refractivity contribution in [1.29, 1.82) is 0 Å². The summed E-state index contributed by atoms with van der Waals surface area (Å²) in [6, 6.07) is 7.01. The Hall–Kier alpha value is -2.67. The van der Waals surface area contributed by atoms with Gasteiger partial charge < -0.3 is 9.47 Å². The predicted octanol–water partition coefficient (Wildman–Crippen LogP) is 4.82. The summed E-state index contributed by atoms with van der Waals surface area (Å²) in [4.78, 5) is 30.8. The molecule has 6 nitrogen and oxygen atoms in total. The molecule has 0 amide bonds. The van der Waals surface area contributed by atoms with Gasteiger partial charge in [-0.2, -0.15) is 0 Å². The minimum atomic E-state index is -0.677. The van der Waals surface area contributed by atoms with E-state index in [0.717, 1.165) is 29.7 Å². The van der Waals surface area contributed by atoms with Gasteiger partial charge in [-0.25, -0.2) is 9.78 Å². The molecule has 0 N–H and O–H groups in total. The minimum Gasteiger partial charge on any atom is -0.494 e. The molecule has 0 aliphatic rings. The molecular formula is C22H26N2O4S. The number of carbonyl (C=O) groups is 1. The third-order valence-electron chi connectivity index (χ3n) is 4.60. The van der Waals surface area contributed by atoms with E-state index < -0.39 is 12.0 Å². The maximum absolute atomic E-state index is 13.3. The molecule has 2 aromatic heterocycles. The Morgan fingerprint density at radius 1 is 1.14 bits per heavy atom. The molecule has 0 aliphatic carbocycles. The summed E-state index contributed by atoms with van der Waals surface area (Å²) in [5.74, 6) is 0.405. The first-order valence-electron chi connectivity index (χ1n) is 9.98. The van der Waals surface area contributed by atoms with Gasteiger partial charge >= 0.3 is 5.97 Å². The third kappa shape index (κ3) is 4.50. The fourth-order valence-electron chi connectivity index (χ4n) is 3.11. The second-order valence-corrected chi connectivity index (χ2v) is 7.61. The second-order valence-electron chi connectivity index (χ2n) is 6.75. The SMILES string of the molecule is CCCOC(=O)[C@@H](CC)n1cnc2scc(-c3ccc(OCCC)cc3)c2c1=O. The molecule has 3 aromatic rings. The molecule has 154 valence electrons. The number of ether oxygens (including phenoxy) is 2. The molecule has 0 spiro atoms. The van der Waals surface area contributed by atoms with E-state index in [9.17, 15) is 9.59 Å². The molecule has 2 heterocycles. The molecule has 29 heavy (non-hydrogen) atoms. The van der Waals surface area contributed by atoms with Gasteiger partial charge in [-0.05, 0) is 37.0 Å². The Bertz CT molecular complexity index is 1020. The summed E-state index contributed by atoms with van der Waals surface area (Å²) >= 11 is 1.42. The van der Waals surface area contributed by atoms with Gasteiger partial charge in [0.2, 0.25) is 0 Å². The van der Waals surface area contributed by atoms with Crippen LogP contribution in [0.4, 0.5) is 0 Å². The van der Waals surface area contributed by atoms with E-state index in [-0.39, 0.29) is 5.56 Å². The number of hydrogen-bond acceptors (Lipinski definition) is 6. The molecular weight excluding hydrogens is 388 g/mol. The number of fused-ring (bicyclic) bond motifs is 1. The van der Waals surface area contributed by atoms with Gasteiger partial charge in [-0.15, -0.1) is 11.3 Å². The van der Waals surface area contributed by atoms with Crippen molar-refractivity contribution in [3.05, 3.63) is 46.3 Å². The third-order valence-corrected chi connectivity index (χ3v) is 5.49. The summed E-state index contributed by atoms with van der Waals surface area (Å²) in [7, 11) is 0. The van der Waals surface area contributed by atoms with Gasteiger partial charge in [0.05, 0.1) is 24.9 Å². The zero-order valence-electron chi connectivity index (χ0n) is 17.0. The van der Waals surface area contributed by atoms with E-state index in [1.807, 2.05) is 43.5 Å². The molecule has 3 rings (SSSR count). The lowest BCUT2D eigenvalue weighted by Gasteiger charge is -2.16. The lowest BCUT2D eigenvalue weighted by Crippen LogP contribution is -2.31. The quantitative estimate of drug-likeness (QED) is 0.470. The summed E-state index contributed by atoms with van der Waals surface area (Å²) in [5.41, 5.74) is 1.51. The molecule has 0 aliphatic heterocycles. The maximum atomic E-state index is 13.3. The first-order valence-corrected chi connectivity index (χ1v) is 10.9. The molecule has 0 radical (unpaired) electrons. The van der Waals surface area contributed by atoms with Crippen LogP contribution in [0, 0.1) is 0 Å². The van der Waals surface area contributed by atoms with Crippen molar-refractivity contribution in [2.45, 2.75) is 46.1 Å². The zero-order valence-corrected chi connectivity index (χ0v) is 17.8. The Morgan fingerprint density at radius 2 is 1.86 bits per heavy atom. The van der Waals surface area contributed by atoms with Crippen molar-refractivity contribution >= 4 is 27.5 Å². The standard InChI is InChI=1S/C22H26N2O4S/c1-4-11-27-16-9-7-15(8-10-16)17-13-29-20-19(17)21(25)24(14-23-20)18(6-3)22(26)28-12-5-2/h7-10,13-14,18H,4-6,11-12H2,1-3H3/t18-/m1/s1. The van der Waals surface area contributed by atoms with E-state index in [0.29, 0.717) is 29.9 Å². The summed E-state index contributed by atoms with van der Waals surface area (Å²) in [5, 5.41) is 2.46. The van der Waals surface area contributed by atoms with Crippen LogP contribution in [0.2, 0.25) is 0 Å². The van der Waals surface area contributed by atoms with Crippen LogP contribution in [0.1, 0.15) is 46.1 Å². The number of rotatable bonds is 9. The molecule has 0 fully saturated rings. The number of hydrogen-bond donors (Lipinski definition) is 0. The Balaban J connectivity index is 2.00. The lowest BCUT2D eigenvalue weighted by atomic mass is 10.1. The number of nitrogens with zero attached hydrogens (tertiary/aromatic N) is 2. The fraction of sp³-hybridized carbons (Fsp3) is 0.409. The monoisotopic (exact) mass is 414 g/mol. The van der Waals surface area contributed by atoms with Crippen LogP contribution in [0.3, 0.4) is 0 Å². The van der Waals surface area contributed by atoms with Crippen LogP contribution in [0.25, 0.3) is 21.3 Å². The summed E-state index contributed by atoms with van der Waals surface area (Å²) in [6.45, 7) is 6.87. The van der Waals surface area contributed by atoms with Crippen molar-refractivity contribution in [2.75, 3.05) is 13.2 Å². The smallest absolute Gasteiger partial charge is 0.329 e. The Kier molecular flexibility index (Phi) is 7.04. The van der Waals surface area contributed by atoms with Crippen LogP contribution < -0.4 is 10.3 Å². The van der Waals surface area contributed by atoms with Crippen LogP contribution >= 0.6 is 11.3 Å². The van der Waals surface area contributed by atoms with Crippen molar-refractivity contribution in [2.24, 2.45) is 0 Å². The topological polar surface area (TPSA) is 70.4 Å². The van der Waals surface area contributed by atoms with Crippen LogP contribution in [-0.2, 0) is 9.53 Å². The number of benzene rings is 1. The number of aromatic nitrogens is 2. The average molecular weight is 415 g/mol. The van der Waals surface area contributed by atoms with Gasteiger partial charge in [-0.1, -0.05) is 32.9 Å². The highest BCUT2D eigenvalue weighted by atomic mass is 32.1. The van der Waals surface area contributed by atoms with E-state index in [1.54, 1.807) is 0 Å². The predicted molar refractivity (Wildman–Crippen MR) is 116 cm³/mol. The van der Waals surface area contributed by atoms with E-state index >= 15 is 0 Å². The number of carbonyl (C=O) groups excluding carboxylic acids is 1. The van der Waals surface area contributed by atoms with Crippen LogP contribution in [0.15, 0.2) is 40.8 Å². The summed E-state index contributed by atoms with van der Waals surface area (Å²) < 4.78 is 12.3. The van der Waals surface area contributed by atoms with Gasteiger partial charge in [0.1, 0.15) is 16.6 Å². The van der Waals surface area contributed by atoms with Crippen molar-refractivity contribution in [3.63, 3.8) is 0 Å². The molecule has 1 aromatic carbocycles. The molecule has 7 heteroatoms. The normalized spacial score (nSPS) is 12.1. The van der Waals surface area contributed by atoms with E-state index in [1.165, 1.54) is 22.2 Å². The van der Waals surface area contributed by atoms with E-state index in [2.05, 4.69) is 11.9 Å². The first kappa shape index (κ1) is 21.0. The second kappa shape index (κ2) is 9.69. The van der Waals surface area contributed by atoms with Crippen molar-refractivity contribution in [1.82, 2.24) is 9.55 Å². The average Bonchev–Trinajstić information content (AvgIpc) is 3.18. The van der Waals surface area contributed by atoms with Crippen molar-refractivity contribution < 1.29 is 14.3 Å². The van der Waals surface area contributed by atoms with Crippen LogP contribution in [-0.4, -0.2) is 28.7 Å². The van der Waals surface area contributed by atoms with E-state index in [4.69, 9.17) is 9.47 Å². The van der Waals surface area contributed by atoms with Gasteiger partial charge in [0, 0.05) is 10.9 Å². The molecule has 0 saturated carbocycles. The summed E-state index contributed by atoms with van der Waals surface area (Å²) in [6.07, 6.45) is 3.59. The zero-order chi connectivity index (χ0) is 20.8. The first-order chi connectivity index (χ1) is 14.1. The number of thiophene rings is 1. The van der Waals surface area contributed by atoms with Crippen molar-refractivity contribution in [3.8, 4) is 16.9 Å². The minimum absolute atomic E-state index is 0.224. The molecule has 0 saturated heterocycles. The lowest BCUT2D eigenvalue weighted by molar-refractivity contribution is -0.147. The Morgan fingerprint density at radius 3 is 2.52 bits per heavy atom. The van der Waals surface area contributed by atoms with Gasteiger partial charge in [0.15, 0.2) is 0 Å². The molecule has 1 atom stereocenters. The maximum Gasteiger partial charge on any atom is 0.329 e. The van der Waals surface area contributed by atoms with Crippen LogP contribution in [0.5, 0.6) is 5.75 Å². The van der Waals surface area contributed by atoms with Gasteiger partial charge in [0.25, 0.3) is 5.56 Å². The number of esters is 1. The Labute approximate surface area is 174 Å². The van der Waals surface area contributed by atoms with Gasteiger partial charge in [-0.3, -0.25) is 9.36 Å². The highest BCUT2D eigenvalue weighted by Gasteiger charge is 2.23. The molecule has 0 bridgehead atoms. The largest absolute Gasteiger partial charge is 0.494 e. The highest BCUT2D eigenvalue weighted by Crippen LogP contribution is 2.32. The highest BCUT2D eigenvalue weighted by molar-refractivity contribution is 7.17.